The van der Waals surface area contributed by atoms with Crippen LogP contribution < -0.4 is 10.6 Å². The molecule has 2 heterocycles. The number of carboxylic acids is 1. The minimum Gasteiger partial charge on any atom is -0.477 e. The molecule has 2 aromatic rings. The van der Waals surface area contributed by atoms with Crippen LogP contribution in [0.2, 0.25) is 0 Å². The smallest absolute Gasteiger partial charge is 0.354 e. The highest BCUT2D eigenvalue weighted by atomic mass is 16.4. The van der Waals surface area contributed by atoms with Gasteiger partial charge < -0.3 is 20.6 Å². The van der Waals surface area contributed by atoms with E-state index >= 15 is 0 Å². The van der Waals surface area contributed by atoms with Gasteiger partial charge in [-0.3, -0.25) is 4.79 Å². The first-order valence-corrected chi connectivity index (χ1v) is 8.66. The molecule has 1 fully saturated rings. The summed E-state index contributed by atoms with van der Waals surface area (Å²) in [6.07, 6.45) is 2.05. The van der Waals surface area contributed by atoms with Gasteiger partial charge in [0.25, 0.3) is 5.91 Å². The molecule has 1 aromatic carbocycles. The van der Waals surface area contributed by atoms with Crippen molar-refractivity contribution in [3.8, 4) is 0 Å². The highest BCUT2D eigenvalue weighted by Crippen LogP contribution is 2.14. The fourth-order valence-corrected chi connectivity index (χ4v) is 2.83. The van der Waals surface area contributed by atoms with Crippen molar-refractivity contribution in [1.29, 1.82) is 0 Å². The van der Waals surface area contributed by atoms with Gasteiger partial charge in [-0.15, -0.1) is 0 Å². The SMILES string of the molecule is O=C(O)c1cccc(C(=O)NCc2cccc(NC(=O)N3CCCC3)c2)n1. The van der Waals surface area contributed by atoms with E-state index in [0.717, 1.165) is 31.5 Å². The summed E-state index contributed by atoms with van der Waals surface area (Å²) in [4.78, 5) is 40.9. The highest BCUT2D eigenvalue weighted by Gasteiger charge is 2.17. The predicted octanol–water partition coefficient (Wildman–Crippen LogP) is 2.34. The van der Waals surface area contributed by atoms with E-state index in [4.69, 9.17) is 5.11 Å². The quantitative estimate of drug-likeness (QED) is 0.750. The number of carbonyl (C=O) groups excluding carboxylic acids is 2. The summed E-state index contributed by atoms with van der Waals surface area (Å²) in [5, 5.41) is 14.5. The summed E-state index contributed by atoms with van der Waals surface area (Å²) in [6, 6.07) is 11.3. The molecule has 3 rings (SSSR count). The molecule has 27 heavy (non-hydrogen) atoms. The van der Waals surface area contributed by atoms with Crippen molar-refractivity contribution in [2.75, 3.05) is 18.4 Å². The van der Waals surface area contributed by atoms with Crippen LogP contribution in [0.25, 0.3) is 0 Å². The Kier molecular flexibility index (Phi) is 5.65. The number of benzene rings is 1. The normalized spacial score (nSPS) is 13.3. The van der Waals surface area contributed by atoms with Gasteiger partial charge in [-0.2, -0.15) is 0 Å². The number of carbonyl (C=O) groups is 3. The molecule has 0 radical (unpaired) electrons. The van der Waals surface area contributed by atoms with Crippen molar-refractivity contribution < 1.29 is 19.5 Å². The van der Waals surface area contributed by atoms with Gasteiger partial charge in [0.1, 0.15) is 11.4 Å². The molecule has 3 amide bonds. The van der Waals surface area contributed by atoms with Crippen LogP contribution in [0.5, 0.6) is 0 Å². The van der Waals surface area contributed by atoms with E-state index in [0.29, 0.717) is 5.69 Å². The summed E-state index contributed by atoms with van der Waals surface area (Å²) in [5.41, 5.74) is 1.31. The number of amides is 3. The number of nitrogens with one attached hydrogen (secondary N) is 2. The van der Waals surface area contributed by atoms with Crippen LogP contribution in [-0.4, -0.2) is 46.0 Å². The monoisotopic (exact) mass is 368 g/mol. The van der Waals surface area contributed by atoms with E-state index in [1.165, 1.54) is 18.2 Å². The third kappa shape index (κ3) is 4.81. The molecule has 0 bridgehead atoms. The molecule has 0 unspecified atom stereocenters. The zero-order valence-electron chi connectivity index (χ0n) is 14.6. The van der Waals surface area contributed by atoms with Gasteiger partial charge in [-0.1, -0.05) is 18.2 Å². The Balaban J connectivity index is 1.59. The largest absolute Gasteiger partial charge is 0.477 e. The van der Waals surface area contributed by atoms with Crippen LogP contribution in [-0.2, 0) is 6.54 Å². The Morgan fingerprint density at radius 1 is 1.04 bits per heavy atom. The van der Waals surface area contributed by atoms with Crippen molar-refractivity contribution in [1.82, 2.24) is 15.2 Å². The van der Waals surface area contributed by atoms with Gasteiger partial charge >= 0.3 is 12.0 Å². The first-order valence-electron chi connectivity index (χ1n) is 8.66. The average molecular weight is 368 g/mol. The lowest BCUT2D eigenvalue weighted by atomic mass is 10.2. The van der Waals surface area contributed by atoms with Crippen LogP contribution in [0.15, 0.2) is 42.5 Å². The lowest BCUT2D eigenvalue weighted by molar-refractivity contribution is 0.0690. The lowest BCUT2D eigenvalue weighted by Crippen LogP contribution is -2.32. The van der Waals surface area contributed by atoms with Crippen molar-refractivity contribution in [2.45, 2.75) is 19.4 Å². The standard InChI is InChI=1S/C19H20N4O4/c24-17(15-7-4-8-16(22-15)18(25)26)20-12-13-5-3-6-14(11-13)21-19(27)23-9-1-2-10-23/h3-8,11H,1-2,9-10,12H2,(H,20,24)(H,21,27)(H,25,26). The van der Waals surface area contributed by atoms with E-state index in [9.17, 15) is 14.4 Å². The molecule has 1 aromatic heterocycles. The third-order valence-corrected chi connectivity index (χ3v) is 4.23. The van der Waals surface area contributed by atoms with Gasteiger partial charge in [0.05, 0.1) is 0 Å². The fraction of sp³-hybridized carbons (Fsp3) is 0.263. The number of rotatable bonds is 5. The number of hydrogen-bond acceptors (Lipinski definition) is 4. The van der Waals surface area contributed by atoms with E-state index in [1.54, 1.807) is 23.1 Å². The summed E-state index contributed by atoms with van der Waals surface area (Å²) in [5.74, 6) is -1.66. The molecule has 0 saturated carbocycles. The Bertz CT molecular complexity index is 862. The number of pyridine rings is 1. The van der Waals surface area contributed by atoms with Crippen LogP contribution >= 0.6 is 0 Å². The second kappa shape index (κ2) is 8.31. The van der Waals surface area contributed by atoms with Gasteiger partial charge in [0, 0.05) is 25.3 Å². The minimum absolute atomic E-state index is 0.0355. The highest BCUT2D eigenvalue weighted by molar-refractivity contribution is 5.94. The number of nitrogens with zero attached hydrogens (tertiary/aromatic N) is 2. The van der Waals surface area contributed by atoms with Gasteiger partial charge in [0.15, 0.2) is 0 Å². The van der Waals surface area contributed by atoms with Crippen LogP contribution in [0.3, 0.4) is 0 Å². The number of likely N-dealkylation sites (tertiary alicyclic amines) is 1. The van der Waals surface area contributed by atoms with Crippen molar-refractivity contribution in [3.63, 3.8) is 0 Å². The molecule has 1 saturated heterocycles. The fourth-order valence-electron chi connectivity index (χ4n) is 2.83. The minimum atomic E-state index is -1.19. The topological polar surface area (TPSA) is 112 Å². The van der Waals surface area contributed by atoms with Crippen molar-refractivity contribution >= 4 is 23.6 Å². The number of hydrogen-bond donors (Lipinski definition) is 3. The van der Waals surface area contributed by atoms with Crippen LogP contribution in [0.4, 0.5) is 10.5 Å². The molecule has 0 spiro atoms. The maximum atomic E-state index is 12.2. The number of anilines is 1. The van der Waals surface area contributed by atoms with Crippen LogP contribution in [0, 0.1) is 0 Å². The van der Waals surface area contributed by atoms with Gasteiger partial charge in [0.2, 0.25) is 0 Å². The Morgan fingerprint density at radius 3 is 2.48 bits per heavy atom. The van der Waals surface area contributed by atoms with Gasteiger partial charge in [-0.25, -0.2) is 14.6 Å². The van der Waals surface area contributed by atoms with Gasteiger partial charge in [-0.05, 0) is 42.7 Å². The average Bonchev–Trinajstić information content (AvgIpc) is 3.21. The molecule has 8 heteroatoms. The molecule has 0 aliphatic carbocycles. The molecular weight excluding hydrogens is 348 g/mol. The maximum Gasteiger partial charge on any atom is 0.354 e. The van der Waals surface area contributed by atoms with E-state index < -0.39 is 11.9 Å². The Morgan fingerprint density at radius 2 is 1.74 bits per heavy atom. The van der Waals surface area contributed by atoms with E-state index in [1.807, 2.05) is 6.07 Å². The summed E-state index contributed by atoms with van der Waals surface area (Å²) < 4.78 is 0. The maximum absolute atomic E-state index is 12.2. The van der Waals surface area contributed by atoms with Crippen LogP contribution in [0.1, 0.15) is 39.4 Å². The first kappa shape index (κ1) is 18.4. The molecule has 8 nitrogen and oxygen atoms in total. The van der Waals surface area contributed by atoms with Crippen molar-refractivity contribution in [2.24, 2.45) is 0 Å². The Hall–Kier alpha value is -3.42. The lowest BCUT2D eigenvalue weighted by Gasteiger charge is -2.16. The molecule has 1 aliphatic rings. The van der Waals surface area contributed by atoms with E-state index in [-0.39, 0.29) is 24.0 Å². The summed E-state index contributed by atoms with van der Waals surface area (Å²) in [6.45, 7) is 1.76. The van der Waals surface area contributed by atoms with Crippen molar-refractivity contribution in [3.05, 3.63) is 59.4 Å². The summed E-state index contributed by atoms with van der Waals surface area (Å²) in [7, 11) is 0. The zero-order valence-corrected chi connectivity index (χ0v) is 14.6. The first-order chi connectivity index (χ1) is 13.0. The summed E-state index contributed by atoms with van der Waals surface area (Å²) >= 11 is 0. The molecule has 140 valence electrons. The zero-order chi connectivity index (χ0) is 19.2. The number of aromatic nitrogens is 1. The number of aromatic carboxylic acids is 1. The second-order valence-electron chi connectivity index (χ2n) is 6.22. The van der Waals surface area contributed by atoms with E-state index in [2.05, 4.69) is 15.6 Å². The molecule has 0 atom stereocenters. The second-order valence-corrected chi connectivity index (χ2v) is 6.22. The molecule has 1 aliphatic heterocycles. The number of carboxylic acid groups (broad SMARTS) is 1. The number of urea groups is 1. The predicted molar refractivity (Wildman–Crippen MR) is 98.6 cm³/mol. The molecular formula is C19H20N4O4. The molecule has 3 N–H and O–H groups in total. The third-order valence-electron chi connectivity index (χ3n) is 4.23. The Labute approximate surface area is 156 Å².